The molecule has 21 heavy (non-hydrogen) atoms. The quantitative estimate of drug-likeness (QED) is 0.335. The molecule has 0 radical (unpaired) electrons. The van der Waals surface area contributed by atoms with Gasteiger partial charge >= 0.3 is 5.91 Å². The molecule has 1 aromatic heterocycles. The lowest BCUT2D eigenvalue weighted by Gasteiger charge is -2.02. The molecular weight excluding hydrogens is 284 g/mol. The smallest absolute Gasteiger partial charge is 0.300 e. The number of rotatable bonds is 4. The standard InChI is InChI=1S/C16H14N2O2S/c17-18-16(19)15-8-6-13(20-15)10-21-14-7-5-11-3-1-2-4-12(11)9-14/h1-9H,10,17H2,(H,18,19). The van der Waals surface area contributed by atoms with Crippen LogP contribution in [0.5, 0.6) is 0 Å². The van der Waals surface area contributed by atoms with Gasteiger partial charge in [0.25, 0.3) is 0 Å². The summed E-state index contributed by atoms with van der Waals surface area (Å²) < 4.78 is 5.43. The zero-order chi connectivity index (χ0) is 14.7. The number of hydrogen-bond acceptors (Lipinski definition) is 4. The minimum Gasteiger partial charge on any atom is -0.455 e. The van der Waals surface area contributed by atoms with Crippen LogP contribution in [-0.2, 0) is 5.75 Å². The van der Waals surface area contributed by atoms with Crippen LogP contribution in [0.1, 0.15) is 16.3 Å². The molecule has 0 aliphatic heterocycles. The number of nitrogen functional groups attached to an aromatic ring is 1. The maximum absolute atomic E-state index is 11.3. The van der Waals surface area contributed by atoms with Gasteiger partial charge in [-0.1, -0.05) is 30.3 Å². The van der Waals surface area contributed by atoms with Crippen molar-refractivity contribution in [1.82, 2.24) is 5.43 Å². The number of carbonyl (C=O) groups is 1. The first-order valence-corrected chi connectivity index (χ1v) is 7.46. The van der Waals surface area contributed by atoms with Crippen LogP contribution in [0.25, 0.3) is 10.8 Å². The fourth-order valence-corrected chi connectivity index (χ4v) is 2.90. The molecule has 0 aliphatic carbocycles. The first-order valence-electron chi connectivity index (χ1n) is 6.47. The molecule has 0 bridgehead atoms. The monoisotopic (exact) mass is 298 g/mol. The van der Waals surface area contributed by atoms with Gasteiger partial charge < -0.3 is 4.42 Å². The van der Waals surface area contributed by atoms with Crippen molar-refractivity contribution in [2.75, 3.05) is 0 Å². The first kappa shape index (κ1) is 13.7. The molecule has 3 rings (SSSR count). The van der Waals surface area contributed by atoms with Gasteiger partial charge in [0.15, 0.2) is 5.76 Å². The van der Waals surface area contributed by atoms with Gasteiger partial charge in [-0.2, -0.15) is 0 Å². The van der Waals surface area contributed by atoms with Gasteiger partial charge in [-0.25, -0.2) is 5.84 Å². The van der Waals surface area contributed by atoms with Crippen LogP contribution >= 0.6 is 11.8 Å². The normalized spacial score (nSPS) is 10.7. The van der Waals surface area contributed by atoms with E-state index in [1.54, 1.807) is 23.9 Å². The molecule has 1 heterocycles. The molecule has 0 saturated heterocycles. The number of nitrogens with two attached hydrogens (primary N) is 1. The summed E-state index contributed by atoms with van der Waals surface area (Å²) in [5, 5.41) is 2.44. The molecule has 0 unspecified atom stereocenters. The average Bonchev–Trinajstić information content (AvgIpc) is 3.01. The highest BCUT2D eigenvalue weighted by molar-refractivity contribution is 7.98. The van der Waals surface area contributed by atoms with E-state index in [2.05, 4.69) is 30.3 Å². The second kappa shape index (κ2) is 6.03. The number of amides is 1. The summed E-state index contributed by atoms with van der Waals surface area (Å²) in [6, 6.07) is 18.0. The summed E-state index contributed by atoms with van der Waals surface area (Å²) in [6.45, 7) is 0. The number of fused-ring (bicyclic) bond motifs is 1. The summed E-state index contributed by atoms with van der Waals surface area (Å²) in [5.41, 5.74) is 2.05. The maximum atomic E-state index is 11.3. The molecule has 5 heteroatoms. The van der Waals surface area contributed by atoms with E-state index in [0.29, 0.717) is 5.75 Å². The van der Waals surface area contributed by atoms with Crippen LogP contribution < -0.4 is 11.3 Å². The van der Waals surface area contributed by atoms with Crippen molar-refractivity contribution < 1.29 is 9.21 Å². The Morgan fingerprint density at radius 2 is 1.90 bits per heavy atom. The topological polar surface area (TPSA) is 68.3 Å². The number of hydrogen-bond donors (Lipinski definition) is 2. The second-order valence-electron chi connectivity index (χ2n) is 4.54. The zero-order valence-electron chi connectivity index (χ0n) is 11.2. The highest BCUT2D eigenvalue weighted by Crippen LogP contribution is 2.27. The minimum absolute atomic E-state index is 0.228. The zero-order valence-corrected chi connectivity index (χ0v) is 12.0. The Labute approximate surface area is 126 Å². The number of furan rings is 1. The van der Waals surface area contributed by atoms with Crippen molar-refractivity contribution in [2.24, 2.45) is 5.84 Å². The molecule has 1 amide bonds. The second-order valence-corrected chi connectivity index (χ2v) is 5.59. The fraction of sp³-hybridized carbons (Fsp3) is 0.0625. The Kier molecular flexibility index (Phi) is 3.94. The lowest BCUT2D eigenvalue weighted by molar-refractivity contribution is 0.0924. The molecule has 3 aromatic rings. The third-order valence-corrected chi connectivity index (χ3v) is 4.13. The van der Waals surface area contributed by atoms with E-state index in [-0.39, 0.29) is 5.76 Å². The predicted molar refractivity (Wildman–Crippen MR) is 83.9 cm³/mol. The van der Waals surface area contributed by atoms with Crippen molar-refractivity contribution in [3.8, 4) is 0 Å². The lowest BCUT2D eigenvalue weighted by atomic mass is 10.1. The first-order chi connectivity index (χ1) is 10.3. The third kappa shape index (κ3) is 3.09. The number of carbonyl (C=O) groups excluding carboxylic acids is 1. The fourth-order valence-electron chi connectivity index (χ4n) is 2.06. The highest BCUT2D eigenvalue weighted by atomic mass is 32.2. The summed E-state index contributed by atoms with van der Waals surface area (Å²) in [6.07, 6.45) is 0. The molecule has 0 atom stereocenters. The minimum atomic E-state index is -0.419. The van der Waals surface area contributed by atoms with Gasteiger partial charge in [-0.05, 0) is 35.0 Å². The molecule has 3 N–H and O–H groups in total. The van der Waals surface area contributed by atoms with Crippen LogP contribution in [-0.4, -0.2) is 5.91 Å². The summed E-state index contributed by atoms with van der Waals surface area (Å²) >= 11 is 1.66. The van der Waals surface area contributed by atoms with Gasteiger partial charge in [0, 0.05) is 4.90 Å². The van der Waals surface area contributed by atoms with Gasteiger partial charge in [0.1, 0.15) is 5.76 Å². The number of hydrazine groups is 1. The van der Waals surface area contributed by atoms with E-state index in [1.807, 2.05) is 17.6 Å². The van der Waals surface area contributed by atoms with Crippen molar-refractivity contribution in [3.05, 3.63) is 66.1 Å². The van der Waals surface area contributed by atoms with Crippen LogP contribution in [0.4, 0.5) is 0 Å². The van der Waals surface area contributed by atoms with Gasteiger partial charge in [-0.15, -0.1) is 11.8 Å². The Bertz CT molecular complexity index is 783. The third-order valence-electron chi connectivity index (χ3n) is 3.12. The maximum Gasteiger partial charge on any atom is 0.300 e. The Hall–Kier alpha value is -2.24. The molecule has 4 nitrogen and oxygen atoms in total. The molecule has 0 aliphatic rings. The molecule has 2 aromatic carbocycles. The van der Waals surface area contributed by atoms with Crippen LogP contribution in [0.15, 0.2) is 63.9 Å². The van der Waals surface area contributed by atoms with E-state index >= 15 is 0 Å². The predicted octanol–water partition coefficient (Wildman–Crippen LogP) is 3.33. The number of benzene rings is 2. The average molecular weight is 298 g/mol. The van der Waals surface area contributed by atoms with E-state index in [1.165, 1.54) is 10.8 Å². The molecular formula is C16H14N2O2S. The number of thioether (sulfide) groups is 1. The molecule has 0 saturated carbocycles. The highest BCUT2D eigenvalue weighted by Gasteiger charge is 2.09. The van der Waals surface area contributed by atoms with E-state index in [4.69, 9.17) is 10.3 Å². The lowest BCUT2D eigenvalue weighted by Crippen LogP contribution is -2.29. The Morgan fingerprint density at radius 3 is 2.71 bits per heavy atom. The largest absolute Gasteiger partial charge is 0.455 e. The van der Waals surface area contributed by atoms with Crippen LogP contribution in [0.3, 0.4) is 0 Å². The molecule has 0 spiro atoms. The SMILES string of the molecule is NNC(=O)c1ccc(CSc2ccc3ccccc3c2)o1. The molecule has 0 fully saturated rings. The van der Waals surface area contributed by atoms with E-state index in [0.717, 1.165) is 10.7 Å². The summed E-state index contributed by atoms with van der Waals surface area (Å²) in [4.78, 5) is 12.5. The van der Waals surface area contributed by atoms with Crippen molar-refractivity contribution in [3.63, 3.8) is 0 Å². The van der Waals surface area contributed by atoms with Crippen molar-refractivity contribution in [1.29, 1.82) is 0 Å². The van der Waals surface area contributed by atoms with E-state index in [9.17, 15) is 4.79 Å². The van der Waals surface area contributed by atoms with Gasteiger partial charge in [0.2, 0.25) is 0 Å². The van der Waals surface area contributed by atoms with Crippen LogP contribution in [0, 0.1) is 0 Å². The van der Waals surface area contributed by atoms with Crippen molar-refractivity contribution in [2.45, 2.75) is 10.6 Å². The van der Waals surface area contributed by atoms with Gasteiger partial charge in [-0.3, -0.25) is 10.2 Å². The summed E-state index contributed by atoms with van der Waals surface area (Å²) in [5.74, 6) is 6.28. The van der Waals surface area contributed by atoms with E-state index < -0.39 is 5.91 Å². The Balaban J connectivity index is 1.71. The van der Waals surface area contributed by atoms with Crippen molar-refractivity contribution >= 4 is 28.4 Å². The number of nitrogens with one attached hydrogen (secondary N) is 1. The van der Waals surface area contributed by atoms with Gasteiger partial charge in [0.05, 0.1) is 5.75 Å². The Morgan fingerprint density at radius 1 is 1.10 bits per heavy atom. The van der Waals surface area contributed by atoms with Crippen LogP contribution in [0.2, 0.25) is 0 Å². The summed E-state index contributed by atoms with van der Waals surface area (Å²) in [7, 11) is 0. The molecule has 106 valence electrons.